The fraction of sp³-hybridized carbons (Fsp3) is 0.357. The zero-order valence-electron chi connectivity index (χ0n) is 18.2. The molecule has 30 heavy (non-hydrogen) atoms. The summed E-state index contributed by atoms with van der Waals surface area (Å²) in [6.07, 6.45) is 8.33. The highest BCUT2D eigenvalue weighted by molar-refractivity contribution is 5.71. The van der Waals surface area contributed by atoms with Crippen LogP contribution in [0.15, 0.2) is 60.7 Å². The van der Waals surface area contributed by atoms with Crippen molar-refractivity contribution in [3.8, 4) is 22.3 Å². The molecule has 2 heteroatoms. The van der Waals surface area contributed by atoms with Gasteiger partial charge in [-0.1, -0.05) is 107 Å². The van der Waals surface area contributed by atoms with E-state index in [1.165, 1.54) is 18.4 Å². The van der Waals surface area contributed by atoms with Gasteiger partial charge in [-0.2, -0.15) is 0 Å². The largest absolute Gasteiger partial charge is 0.203 e. The standard InChI is InChI=1S/C28H32F2/c1-3-5-6-7-8-10-25-19-20-26(28(30)27(25)29)24-17-15-23(16-18-24)22-13-11-21(9-4-2)12-14-22/h11-20H,3-10H2,1-2H3. The van der Waals surface area contributed by atoms with Crippen molar-refractivity contribution in [2.24, 2.45) is 0 Å². The topological polar surface area (TPSA) is 0 Å². The molecule has 0 radical (unpaired) electrons. The maximum Gasteiger partial charge on any atom is 0.166 e. The Morgan fingerprint density at radius 3 is 1.77 bits per heavy atom. The second-order valence-corrected chi connectivity index (χ2v) is 8.09. The van der Waals surface area contributed by atoms with Crippen LogP contribution >= 0.6 is 0 Å². The molecule has 158 valence electrons. The van der Waals surface area contributed by atoms with Crippen molar-refractivity contribution in [3.63, 3.8) is 0 Å². The van der Waals surface area contributed by atoms with Gasteiger partial charge in [-0.3, -0.25) is 0 Å². The lowest BCUT2D eigenvalue weighted by molar-refractivity contribution is 0.497. The van der Waals surface area contributed by atoms with Gasteiger partial charge in [0.1, 0.15) is 0 Å². The summed E-state index contributed by atoms with van der Waals surface area (Å²) in [7, 11) is 0. The Bertz CT molecular complexity index is 924. The number of aryl methyl sites for hydroxylation is 2. The van der Waals surface area contributed by atoms with Crippen molar-refractivity contribution in [2.75, 3.05) is 0 Å². The Morgan fingerprint density at radius 2 is 1.13 bits per heavy atom. The second kappa shape index (κ2) is 11.1. The molecule has 0 bridgehead atoms. The third-order valence-corrected chi connectivity index (χ3v) is 5.73. The van der Waals surface area contributed by atoms with E-state index in [-0.39, 0.29) is 0 Å². The molecule has 0 atom stereocenters. The van der Waals surface area contributed by atoms with Gasteiger partial charge in [-0.15, -0.1) is 0 Å². The zero-order chi connectivity index (χ0) is 21.3. The highest BCUT2D eigenvalue weighted by Crippen LogP contribution is 2.29. The Morgan fingerprint density at radius 1 is 0.533 bits per heavy atom. The van der Waals surface area contributed by atoms with Crippen LogP contribution in [0.2, 0.25) is 0 Å². The molecule has 0 aliphatic rings. The van der Waals surface area contributed by atoms with Gasteiger partial charge >= 0.3 is 0 Å². The number of halogens is 2. The molecule has 0 unspecified atom stereocenters. The normalized spacial score (nSPS) is 11.1. The molecular formula is C28H32F2. The van der Waals surface area contributed by atoms with Crippen LogP contribution in [0.5, 0.6) is 0 Å². The summed E-state index contributed by atoms with van der Waals surface area (Å²) in [6, 6.07) is 19.7. The molecule has 3 aromatic carbocycles. The number of hydrogen-bond donors (Lipinski definition) is 0. The predicted octanol–water partition coefficient (Wildman–Crippen LogP) is 8.76. The molecule has 0 amide bonds. The van der Waals surface area contributed by atoms with E-state index in [2.05, 4.69) is 38.1 Å². The minimum atomic E-state index is -0.738. The molecular weight excluding hydrogens is 374 g/mol. The van der Waals surface area contributed by atoms with E-state index in [0.29, 0.717) is 23.1 Å². The van der Waals surface area contributed by atoms with E-state index < -0.39 is 11.6 Å². The summed E-state index contributed by atoms with van der Waals surface area (Å²) in [5.41, 5.74) is 5.05. The molecule has 3 rings (SSSR count). The first-order chi connectivity index (χ1) is 14.6. The predicted molar refractivity (Wildman–Crippen MR) is 124 cm³/mol. The van der Waals surface area contributed by atoms with Crippen LogP contribution in [0.1, 0.15) is 63.5 Å². The molecule has 0 heterocycles. The van der Waals surface area contributed by atoms with Gasteiger partial charge in [0, 0.05) is 5.56 Å². The van der Waals surface area contributed by atoms with Gasteiger partial charge in [0.25, 0.3) is 0 Å². The van der Waals surface area contributed by atoms with Gasteiger partial charge in [0.15, 0.2) is 11.6 Å². The molecule has 0 nitrogen and oxygen atoms in total. The number of rotatable bonds is 10. The van der Waals surface area contributed by atoms with E-state index >= 15 is 0 Å². The summed E-state index contributed by atoms with van der Waals surface area (Å²) in [5.74, 6) is -1.43. The van der Waals surface area contributed by atoms with E-state index in [9.17, 15) is 8.78 Å². The average Bonchev–Trinajstić information content (AvgIpc) is 2.77. The van der Waals surface area contributed by atoms with Gasteiger partial charge in [-0.25, -0.2) is 8.78 Å². The fourth-order valence-electron chi connectivity index (χ4n) is 3.92. The van der Waals surface area contributed by atoms with Crippen LogP contribution in [0.3, 0.4) is 0 Å². The average molecular weight is 407 g/mol. The maximum absolute atomic E-state index is 14.7. The molecule has 0 aromatic heterocycles. The van der Waals surface area contributed by atoms with Crippen molar-refractivity contribution >= 4 is 0 Å². The van der Waals surface area contributed by atoms with Gasteiger partial charge < -0.3 is 0 Å². The molecule has 0 saturated carbocycles. The van der Waals surface area contributed by atoms with Crippen molar-refractivity contribution in [2.45, 2.75) is 65.2 Å². The molecule has 0 aliphatic carbocycles. The fourth-order valence-corrected chi connectivity index (χ4v) is 3.92. The lowest BCUT2D eigenvalue weighted by atomic mass is 9.97. The summed E-state index contributed by atoms with van der Waals surface area (Å²) in [5, 5.41) is 0. The molecule has 0 spiro atoms. The Balaban J connectivity index is 1.72. The van der Waals surface area contributed by atoms with Crippen LogP contribution < -0.4 is 0 Å². The molecule has 3 aromatic rings. The lowest BCUT2D eigenvalue weighted by Gasteiger charge is -2.10. The minimum Gasteiger partial charge on any atom is -0.203 e. The van der Waals surface area contributed by atoms with Crippen molar-refractivity contribution in [1.82, 2.24) is 0 Å². The van der Waals surface area contributed by atoms with Gasteiger partial charge in [0.2, 0.25) is 0 Å². The number of unbranched alkanes of at least 4 members (excludes halogenated alkanes) is 4. The third kappa shape index (κ3) is 5.56. The summed E-state index contributed by atoms with van der Waals surface area (Å²) in [4.78, 5) is 0. The first-order valence-corrected chi connectivity index (χ1v) is 11.3. The molecule has 0 N–H and O–H groups in total. The summed E-state index contributed by atoms with van der Waals surface area (Å²) < 4.78 is 29.3. The zero-order valence-corrected chi connectivity index (χ0v) is 18.2. The Hall–Kier alpha value is -2.48. The van der Waals surface area contributed by atoms with Crippen molar-refractivity contribution in [3.05, 3.63) is 83.4 Å². The van der Waals surface area contributed by atoms with Crippen LogP contribution in [-0.2, 0) is 12.8 Å². The number of benzene rings is 3. The first-order valence-electron chi connectivity index (χ1n) is 11.3. The minimum absolute atomic E-state index is 0.326. The maximum atomic E-state index is 14.7. The molecule has 0 aliphatic heterocycles. The Labute approximate surface area is 180 Å². The summed E-state index contributed by atoms with van der Waals surface area (Å²) in [6.45, 7) is 4.35. The van der Waals surface area contributed by atoms with E-state index in [1.807, 2.05) is 24.3 Å². The van der Waals surface area contributed by atoms with Crippen LogP contribution in [0.4, 0.5) is 8.78 Å². The van der Waals surface area contributed by atoms with Crippen LogP contribution in [0.25, 0.3) is 22.3 Å². The first kappa shape index (κ1) is 22.2. The van der Waals surface area contributed by atoms with E-state index in [4.69, 9.17) is 0 Å². The second-order valence-electron chi connectivity index (χ2n) is 8.09. The van der Waals surface area contributed by atoms with Gasteiger partial charge in [-0.05, 0) is 47.1 Å². The van der Waals surface area contributed by atoms with Crippen LogP contribution in [0, 0.1) is 11.6 Å². The smallest absolute Gasteiger partial charge is 0.166 e. The van der Waals surface area contributed by atoms with Crippen molar-refractivity contribution < 1.29 is 8.78 Å². The molecule has 0 fully saturated rings. The van der Waals surface area contributed by atoms with E-state index in [0.717, 1.165) is 43.2 Å². The van der Waals surface area contributed by atoms with E-state index in [1.54, 1.807) is 12.1 Å². The van der Waals surface area contributed by atoms with Gasteiger partial charge in [0.05, 0.1) is 0 Å². The highest BCUT2D eigenvalue weighted by Gasteiger charge is 2.14. The SMILES string of the molecule is CCCCCCCc1ccc(-c2ccc(-c3ccc(CCC)cc3)cc2)c(F)c1F. The number of hydrogen-bond acceptors (Lipinski definition) is 0. The Kier molecular flexibility index (Phi) is 8.19. The van der Waals surface area contributed by atoms with Crippen LogP contribution in [-0.4, -0.2) is 0 Å². The lowest BCUT2D eigenvalue weighted by Crippen LogP contribution is -1.98. The summed E-state index contributed by atoms with van der Waals surface area (Å²) >= 11 is 0. The molecule has 0 saturated heterocycles. The highest BCUT2D eigenvalue weighted by atomic mass is 19.2. The quantitative estimate of drug-likeness (QED) is 0.295. The monoisotopic (exact) mass is 406 g/mol. The third-order valence-electron chi connectivity index (χ3n) is 5.73. The van der Waals surface area contributed by atoms with Crippen molar-refractivity contribution in [1.29, 1.82) is 0 Å².